The number of nitrogens with zero attached hydrogens (tertiary/aromatic N) is 1. The molecule has 0 N–H and O–H groups in total. The van der Waals surface area contributed by atoms with Crippen LogP contribution in [-0.2, 0) is 27.9 Å². The molecule has 9 heteroatoms. The van der Waals surface area contributed by atoms with Crippen LogP contribution in [0.3, 0.4) is 0 Å². The van der Waals surface area contributed by atoms with Crippen LogP contribution in [0.4, 0.5) is 0 Å². The Balaban J connectivity index is 4.26. The second-order valence-electron chi connectivity index (χ2n) is 12.5. The van der Waals surface area contributed by atoms with Crippen LogP contribution in [0, 0.1) is 0 Å². The van der Waals surface area contributed by atoms with E-state index >= 15 is 0 Å². The lowest BCUT2D eigenvalue weighted by Crippen LogP contribution is -2.37. The Bertz CT molecular complexity index is 696. The smallest absolute Gasteiger partial charge is 0.306 e. The van der Waals surface area contributed by atoms with Gasteiger partial charge in [0.15, 0.2) is 0 Å². The van der Waals surface area contributed by atoms with Gasteiger partial charge in [0.05, 0.1) is 34.4 Å². The number of ether oxygens (including phenoxy) is 2. The van der Waals surface area contributed by atoms with Gasteiger partial charge in [0, 0.05) is 13.0 Å². The van der Waals surface area contributed by atoms with Crippen molar-refractivity contribution in [3.8, 4) is 0 Å². The Kier molecular flexibility index (Phi) is 27.3. The summed E-state index contributed by atoms with van der Waals surface area (Å²) in [7, 11) is 1.35. The summed E-state index contributed by atoms with van der Waals surface area (Å²) in [6, 6.07) is 0. The number of phosphoric acid groups is 1. The second kappa shape index (κ2) is 27.8. The Morgan fingerprint density at radius 3 is 1.83 bits per heavy atom. The highest BCUT2D eigenvalue weighted by molar-refractivity contribution is 7.45. The number of carbonyl (C=O) groups excluding carboxylic acids is 1. The van der Waals surface area contributed by atoms with E-state index in [1.165, 1.54) is 83.5 Å². The standard InChI is InChI=1S/C33H66NO7P/c1-6-8-10-12-14-15-16-17-18-19-20-21-23-25-28-38-30-32(41-33(35)26-24-22-13-11-9-7-2)31-40-42(36,37)39-29-27-34(3,4)5/h15-16,32H,6-14,17-31H2,1-5H3/b16-15-. The molecular weight excluding hydrogens is 553 g/mol. The molecule has 0 aromatic rings. The molecule has 0 rings (SSSR count). The van der Waals surface area contributed by atoms with E-state index in [2.05, 4.69) is 26.0 Å². The lowest BCUT2D eigenvalue weighted by atomic mass is 10.1. The van der Waals surface area contributed by atoms with Gasteiger partial charge in [0.25, 0.3) is 7.82 Å². The minimum atomic E-state index is -4.50. The quantitative estimate of drug-likeness (QED) is 0.0254. The minimum absolute atomic E-state index is 0.0269. The third kappa shape index (κ3) is 30.7. The first-order valence-corrected chi connectivity index (χ1v) is 18.4. The molecule has 8 nitrogen and oxygen atoms in total. The van der Waals surface area contributed by atoms with Gasteiger partial charge in [-0.2, -0.15) is 0 Å². The van der Waals surface area contributed by atoms with Crippen LogP contribution in [0.15, 0.2) is 12.2 Å². The van der Waals surface area contributed by atoms with Crippen LogP contribution in [0.2, 0.25) is 0 Å². The molecule has 0 aliphatic heterocycles. The highest BCUT2D eigenvalue weighted by Crippen LogP contribution is 2.38. The number of carbonyl (C=O) groups is 1. The lowest BCUT2D eigenvalue weighted by molar-refractivity contribution is -0.870. The number of likely N-dealkylation sites (N-methyl/N-ethyl adjacent to an activating group) is 1. The molecular formula is C33H66NO7P. The van der Waals surface area contributed by atoms with Crippen LogP contribution in [0.1, 0.15) is 136 Å². The summed E-state index contributed by atoms with van der Waals surface area (Å²) >= 11 is 0. The molecule has 0 aliphatic carbocycles. The van der Waals surface area contributed by atoms with Crippen LogP contribution < -0.4 is 4.89 Å². The van der Waals surface area contributed by atoms with E-state index in [-0.39, 0.29) is 25.8 Å². The van der Waals surface area contributed by atoms with Crippen LogP contribution in [0.5, 0.6) is 0 Å². The highest BCUT2D eigenvalue weighted by atomic mass is 31.2. The average Bonchev–Trinajstić information content (AvgIpc) is 2.92. The normalized spacial score (nSPS) is 14.3. The zero-order chi connectivity index (χ0) is 31.4. The van der Waals surface area contributed by atoms with Crippen LogP contribution in [-0.4, -0.2) is 70.7 Å². The molecule has 0 aromatic carbocycles. The minimum Gasteiger partial charge on any atom is -0.756 e. The zero-order valence-corrected chi connectivity index (χ0v) is 28.8. The van der Waals surface area contributed by atoms with Gasteiger partial charge in [-0.25, -0.2) is 0 Å². The molecule has 2 unspecified atom stereocenters. The molecule has 0 saturated carbocycles. The molecule has 0 spiro atoms. The van der Waals surface area contributed by atoms with Gasteiger partial charge in [-0.05, 0) is 38.5 Å². The number of hydrogen-bond acceptors (Lipinski definition) is 7. The summed E-state index contributed by atoms with van der Waals surface area (Å²) < 4.78 is 34.1. The maximum Gasteiger partial charge on any atom is 0.306 e. The highest BCUT2D eigenvalue weighted by Gasteiger charge is 2.20. The van der Waals surface area contributed by atoms with Crippen molar-refractivity contribution in [2.75, 3.05) is 54.1 Å². The van der Waals surface area contributed by atoms with Crippen molar-refractivity contribution in [1.82, 2.24) is 0 Å². The number of allylic oxidation sites excluding steroid dienone is 2. The summed E-state index contributed by atoms with van der Waals surface area (Å²) in [5.41, 5.74) is 0. The van der Waals surface area contributed by atoms with E-state index < -0.39 is 13.9 Å². The van der Waals surface area contributed by atoms with Gasteiger partial charge in [-0.3, -0.25) is 9.36 Å². The monoisotopic (exact) mass is 619 g/mol. The Hall–Kier alpha value is -0.760. The Morgan fingerprint density at radius 1 is 0.714 bits per heavy atom. The van der Waals surface area contributed by atoms with Crippen molar-refractivity contribution in [2.24, 2.45) is 0 Å². The average molecular weight is 620 g/mol. The molecule has 0 saturated heterocycles. The number of phosphoric ester groups is 1. The van der Waals surface area contributed by atoms with E-state index in [4.69, 9.17) is 18.5 Å². The summed E-state index contributed by atoms with van der Waals surface area (Å²) in [5.74, 6) is -0.347. The second-order valence-corrected chi connectivity index (χ2v) is 13.9. The van der Waals surface area contributed by atoms with E-state index in [0.29, 0.717) is 24.1 Å². The molecule has 0 amide bonds. The third-order valence-electron chi connectivity index (χ3n) is 7.07. The van der Waals surface area contributed by atoms with Crippen LogP contribution >= 0.6 is 7.82 Å². The Morgan fingerprint density at radius 2 is 1.24 bits per heavy atom. The molecule has 42 heavy (non-hydrogen) atoms. The first-order chi connectivity index (χ1) is 20.1. The fraction of sp³-hybridized carbons (Fsp3) is 0.909. The lowest BCUT2D eigenvalue weighted by Gasteiger charge is -2.28. The number of hydrogen-bond donors (Lipinski definition) is 0. The van der Waals surface area contributed by atoms with Crippen LogP contribution in [0.25, 0.3) is 0 Å². The predicted molar refractivity (Wildman–Crippen MR) is 171 cm³/mol. The van der Waals surface area contributed by atoms with Crippen molar-refractivity contribution in [2.45, 2.75) is 142 Å². The largest absolute Gasteiger partial charge is 0.756 e. The molecule has 2 atom stereocenters. The van der Waals surface area contributed by atoms with Gasteiger partial charge < -0.3 is 27.9 Å². The predicted octanol–water partition coefficient (Wildman–Crippen LogP) is 8.13. The molecule has 0 heterocycles. The van der Waals surface area contributed by atoms with E-state index in [9.17, 15) is 14.3 Å². The van der Waals surface area contributed by atoms with E-state index in [1.54, 1.807) is 0 Å². The van der Waals surface area contributed by atoms with Gasteiger partial charge in [-0.15, -0.1) is 0 Å². The van der Waals surface area contributed by atoms with Gasteiger partial charge in [-0.1, -0.05) is 103 Å². The molecule has 0 radical (unpaired) electrons. The topological polar surface area (TPSA) is 94.1 Å². The summed E-state index contributed by atoms with van der Waals surface area (Å²) in [5, 5.41) is 0. The van der Waals surface area contributed by atoms with Gasteiger partial charge in [0.1, 0.15) is 19.3 Å². The number of esters is 1. The van der Waals surface area contributed by atoms with Crippen molar-refractivity contribution in [1.29, 1.82) is 0 Å². The Labute approximate surface area is 259 Å². The summed E-state index contributed by atoms with van der Waals surface area (Å²) in [6.45, 7) is 5.31. The zero-order valence-electron chi connectivity index (χ0n) is 28.0. The van der Waals surface area contributed by atoms with Gasteiger partial charge in [0.2, 0.25) is 0 Å². The molecule has 0 bridgehead atoms. The van der Waals surface area contributed by atoms with Crippen molar-refractivity contribution in [3.63, 3.8) is 0 Å². The number of quaternary nitrogens is 1. The molecule has 250 valence electrons. The fourth-order valence-electron chi connectivity index (χ4n) is 4.36. The SMILES string of the molecule is CCCCCC/C=C\CCCCCCCCOCC(COP(=O)([O-])OCC[N+](C)(C)C)OC(=O)CCCCCCCC. The van der Waals surface area contributed by atoms with E-state index in [0.717, 1.165) is 32.1 Å². The molecule has 0 aliphatic rings. The summed E-state index contributed by atoms with van der Waals surface area (Å²) in [6.07, 6.45) is 25.2. The molecule has 0 fully saturated rings. The van der Waals surface area contributed by atoms with Crippen molar-refractivity contribution in [3.05, 3.63) is 12.2 Å². The van der Waals surface area contributed by atoms with Crippen molar-refractivity contribution >= 4 is 13.8 Å². The van der Waals surface area contributed by atoms with Gasteiger partial charge >= 0.3 is 5.97 Å². The third-order valence-corrected chi connectivity index (χ3v) is 8.03. The van der Waals surface area contributed by atoms with E-state index in [1.807, 2.05) is 21.1 Å². The maximum atomic E-state index is 12.4. The first kappa shape index (κ1) is 41.2. The maximum absolute atomic E-state index is 12.4. The molecule has 0 aromatic heterocycles. The fourth-order valence-corrected chi connectivity index (χ4v) is 5.09. The van der Waals surface area contributed by atoms with Crippen molar-refractivity contribution < 1.29 is 37.3 Å². The summed E-state index contributed by atoms with van der Waals surface area (Å²) in [4.78, 5) is 24.6. The first-order valence-electron chi connectivity index (χ1n) is 16.9. The number of rotatable bonds is 31. The number of unbranched alkanes of at least 4 members (excludes halogenated alkanes) is 15.